The van der Waals surface area contributed by atoms with E-state index in [0.717, 1.165) is 0 Å². The minimum atomic E-state index is -0.313. The lowest BCUT2D eigenvalue weighted by atomic mass is 10.2. The summed E-state index contributed by atoms with van der Waals surface area (Å²) in [6.07, 6.45) is 1.61. The quantitative estimate of drug-likeness (QED) is 0.834. The Hall–Kier alpha value is -1.30. The van der Waals surface area contributed by atoms with Crippen LogP contribution in [0.1, 0.15) is 10.4 Å². The molecule has 0 unspecified atom stereocenters. The summed E-state index contributed by atoms with van der Waals surface area (Å²) in [6.45, 7) is 0. The molecule has 4 nitrogen and oxygen atoms in total. The van der Waals surface area contributed by atoms with Crippen molar-refractivity contribution < 1.29 is 4.79 Å². The molecule has 0 aliphatic carbocycles. The normalized spacial score (nSPS) is 10.2. The zero-order chi connectivity index (χ0) is 14.7. The molecule has 0 aliphatic rings. The summed E-state index contributed by atoms with van der Waals surface area (Å²) in [5.41, 5.74) is 0.899. The van der Waals surface area contributed by atoms with Gasteiger partial charge in [0.15, 0.2) is 0 Å². The molecule has 2 N–H and O–H groups in total. The SMILES string of the molecule is CNc1ncc(Br)cc1C(=O)Nc1ccc(Cl)cc1Cl. The molecule has 1 aromatic heterocycles. The number of carbonyl (C=O) groups is 1. The van der Waals surface area contributed by atoms with Crippen molar-refractivity contribution in [1.29, 1.82) is 0 Å². The third kappa shape index (κ3) is 3.42. The molecular formula is C13H10BrCl2N3O. The number of pyridine rings is 1. The zero-order valence-corrected chi connectivity index (χ0v) is 13.5. The Bertz CT molecular complexity index is 664. The fraction of sp³-hybridized carbons (Fsp3) is 0.0769. The van der Waals surface area contributed by atoms with Crippen LogP contribution in [0.4, 0.5) is 11.5 Å². The van der Waals surface area contributed by atoms with Crippen molar-refractivity contribution in [2.45, 2.75) is 0 Å². The van der Waals surface area contributed by atoms with Crippen molar-refractivity contribution >= 4 is 56.5 Å². The van der Waals surface area contributed by atoms with E-state index in [9.17, 15) is 4.79 Å². The van der Waals surface area contributed by atoms with Crippen LogP contribution in [0.5, 0.6) is 0 Å². The molecule has 1 amide bonds. The van der Waals surface area contributed by atoms with Gasteiger partial charge in [-0.3, -0.25) is 4.79 Å². The number of hydrogen-bond donors (Lipinski definition) is 2. The highest BCUT2D eigenvalue weighted by molar-refractivity contribution is 9.10. The number of hydrogen-bond acceptors (Lipinski definition) is 3. The highest BCUT2D eigenvalue weighted by Crippen LogP contribution is 2.26. The number of nitrogens with zero attached hydrogens (tertiary/aromatic N) is 1. The lowest BCUT2D eigenvalue weighted by Crippen LogP contribution is -2.15. The van der Waals surface area contributed by atoms with Crippen molar-refractivity contribution in [3.63, 3.8) is 0 Å². The standard InChI is InChI=1S/C13H10BrCl2N3O/c1-17-12-9(4-7(14)6-18-12)13(20)19-11-3-2-8(15)5-10(11)16/h2-6H,1H3,(H,17,18)(H,19,20). The fourth-order valence-electron chi connectivity index (χ4n) is 1.59. The summed E-state index contributed by atoms with van der Waals surface area (Å²) in [7, 11) is 1.70. The number of benzene rings is 1. The molecule has 0 radical (unpaired) electrons. The Kier molecular flexibility index (Phi) is 4.86. The second-order valence-corrected chi connectivity index (χ2v) is 5.64. The number of halogens is 3. The summed E-state index contributed by atoms with van der Waals surface area (Å²) in [4.78, 5) is 16.4. The van der Waals surface area contributed by atoms with Crippen molar-refractivity contribution in [1.82, 2.24) is 4.98 Å². The van der Waals surface area contributed by atoms with E-state index in [-0.39, 0.29) is 5.91 Å². The molecule has 7 heteroatoms. The average molecular weight is 375 g/mol. The van der Waals surface area contributed by atoms with Gasteiger partial charge in [0.1, 0.15) is 5.82 Å². The first kappa shape index (κ1) is 15.1. The molecule has 1 heterocycles. The maximum atomic E-state index is 12.3. The van der Waals surface area contributed by atoms with E-state index in [1.165, 1.54) is 0 Å². The highest BCUT2D eigenvalue weighted by atomic mass is 79.9. The van der Waals surface area contributed by atoms with Gasteiger partial charge < -0.3 is 10.6 Å². The van der Waals surface area contributed by atoms with E-state index < -0.39 is 0 Å². The second kappa shape index (κ2) is 6.43. The molecule has 0 atom stereocenters. The maximum Gasteiger partial charge on any atom is 0.259 e. The molecule has 104 valence electrons. The van der Waals surface area contributed by atoms with Crippen LogP contribution in [0.3, 0.4) is 0 Å². The maximum absolute atomic E-state index is 12.3. The Morgan fingerprint density at radius 3 is 2.70 bits per heavy atom. The Morgan fingerprint density at radius 1 is 1.30 bits per heavy atom. The molecule has 0 aliphatic heterocycles. The number of aromatic nitrogens is 1. The first-order chi connectivity index (χ1) is 9.51. The van der Waals surface area contributed by atoms with Crippen LogP contribution in [0.15, 0.2) is 34.9 Å². The largest absolute Gasteiger partial charge is 0.372 e. The van der Waals surface area contributed by atoms with Crippen LogP contribution in [-0.4, -0.2) is 17.9 Å². The predicted octanol–water partition coefficient (Wildman–Crippen LogP) is 4.44. The summed E-state index contributed by atoms with van der Waals surface area (Å²) < 4.78 is 0.712. The van der Waals surface area contributed by atoms with Gasteiger partial charge in [0.2, 0.25) is 0 Å². The van der Waals surface area contributed by atoms with Gasteiger partial charge in [-0.2, -0.15) is 0 Å². The Morgan fingerprint density at radius 2 is 2.05 bits per heavy atom. The average Bonchev–Trinajstić information content (AvgIpc) is 2.41. The number of carbonyl (C=O) groups excluding carboxylic acids is 1. The van der Waals surface area contributed by atoms with Gasteiger partial charge in [0, 0.05) is 22.7 Å². The smallest absolute Gasteiger partial charge is 0.259 e. The van der Waals surface area contributed by atoms with E-state index in [4.69, 9.17) is 23.2 Å². The number of amides is 1. The van der Waals surface area contributed by atoms with Crippen LogP contribution >= 0.6 is 39.1 Å². The molecule has 2 aromatic rings. The monoisotopic (exact) mass is 373 g/mol. The first-order valence-corrected chi connectivity index (χ1v) is 7.16. The van der Waals surface area contributed by atoms with Crippen molar-refractivity contribution in [3.8, 4) is 0 Å². The van der Waals surface area contributed by atoms with Gasteiger partial charge >= 0.3 is 0 Å². The molecule has 0 spiro atoms. The van der Waals surface area contributed by atoms with E-state index in [1.807, 2.05) is 0 Å². The van der Waals surface area contributed by atoms with Gasteiger partial charge in [0.25, 0.3) is 5.91 Å². The van der Waals surface area contributed by atoms with Crippen LogP contribution < -0.4 is 10.6 Å². The van der Waals surface area contributed by atoms with Gasteiger partial charge in [0.05, 0.1) is 16.3 Å². The molecule has 1 aromatic carbocycles. The predicted molar refractivity (Wildman–Crippen MR) is 85.9 cm³/mol. The molecule has 0 bridgehead atoms. The molecule has 0 saturated heterocycles. The van der Waals surface area contributed by atoms with Gasteiger partial charge in [-0.05, 0) is 40.2 Å². The van der Waals surface area contributed by atoms with Crippen LogP contribution in [0, 0.1) is 0 Å². The molecular weight excluding hydrogens is 365 g/mol. The van der Waals surface area contributed by atoms with E-state index >= 15 is 0 Å². The topological polar surface area (TPSA) is 54.0 Å². The lowest BCUT2D eigenvalue weighted by molar-refractivity contribution is 0.102. The first-order valence-electron chi connectivity index (χ1n) is 5.61. The third-order valence-electron chi connectivity index (χ3n) is 2.52. The number of nitrogens with one attached hydrogen (secondary N) is 2. The van der Waals surface area contributed by atoms with Crippen LogP contribution in [-0.2, 0) is 0 Å². The zero-order valence-electron chi connectivity index (χ0n) is 10.4. The minimum Gasteiger partial charge on any atom is -0.372 e. The van der Waals surface area contributed by atoms with Gasteiger partial charge in [-0.25, -0.2) is 4.98 Å². The van der Waals surface area contributed by atoms with Crippen molar-refractivity contribution in [2.75, 3.05) is 17.7 Å². The Balaban J connectivity index is 2.30. The summed E-state index contributed by atoms with van der Waals surface area (Å²) >= 11 is 15.1. The summed E-state index contributed by atoms with van der Waals surface area (Å²) in [6, 6.07) is 6.54. The number of anilines is 2. The molecule has 0 fully saturated rings. The van der Waals surface area contributed by atoms with Crippen molar-refractivity contribution in [2.24, 2.45) is 0 Å². The summed E-state index contributed by atoms with van der Waals surface area (Å²) in [5.74, 6) is 0.170. The highest BCUT2D eigenvalue weighted by Gasteiger charge is 2.14. The van der Waals surface area contributed by atoms with Crippen molar-refractivity contribution in [3.05, 3.63) is 50.5 Å². The third-order valence-corrected chi connectivity index (χ3v) is 3.50. The van der Waals surface area contributed by atoms with Crippen LogP contribution in [0.25, 0.3) is 0 Å². The Labute approximate surface area is 134 Å². The second-order valence-electron chi connectivity index (χ2n) is 3.88. The fourth-order valence-corrected chi connectivity index (χ4v) is 2.38. The minimum absolute atomic E-state index is 0.313. The summed E-state index contributed by atoms with van der Waals surface area (Å²) in [5, 5.41) is 6.47. The van der Waals surface area contributed by atoms with E-state index in [2.05, 4.69) is 31.5 Å². The van der Waals surface area contributed by atoms with Gasteiger partial charge in [-0.1, -0.05) is 23.2 Å². The van der Waals surface area contributed by atoms with Gasteiger partial charge in [-0.15, -0.1) is 0 Å². The molecule has 0 saturated carbocycles. The van der Waals surface area contributed by atoms with Crippen LogP contribution in [0.2, 0.25) is 10.0 Å². The molecule has 20 heavy (non-hydrogen) atoms. The lowest BCUT2D eigenvalue weighted by Gasteiger charge is -2.10. The van der Waals surface area contributed by atoms with E-state index in [0.29, 0.717) is 31.6 Å². The number of rotatable bonds is 3. The molecule has 2 rings (SSSR count). The van der Waals surface area contributed by atoms with E-state index in [1.54, 1.807) is 37.5 Å².